The molecule has 1 unspecified atom stereocenters. The molecule has 0 aromatic heterocycles. The van der Waals surface area contributed by atoms with Crippen molar-refractivity contribution in [1.29, 1.82) is 0 Å². The Labute approximate surface area is 230 Å². The number of rotatable bonds is 12. The molecule has 2 amide bonds. The maximum atomic E-state index is 13.6. The quantitative estimate of drug-likeness (QED) is 0.194. The van der Waals surface area contributed by atoms with Crippen molar-refractivity contribution in [1.82, 2.24) is 5.32 Å². The average molecular weight is 547 g/mol. The number of carbonyl (C=O) groups is 2. The molecule has 0 bridgehead atoms. The first kappa shape index (κ1) is 28.1. The average Bonchev–Trinajstić information content (AvgIpc) is 2.94. The zero-order chi connectivity index (χ0) is 28.3. The summed E-state index contributed by atoms with van der Waals surface area (Å²) in [6, 6.07) is 26.5. The van der Waals surface area contributed by atoms with Crippen molar-refractivity contribution in [3.8, 4) is 11.5 Å². The highest BCUT2D eigenvalue weighted by atomic mass is 19.1. The fourth-order valence-corrected chi connectivity index (χ4v) is 3.89. The number of amides is 2. The summed E-state index contributed by atoms with van der Waals surface area (Å²) in [6.45, 7) is 0.273. The Hall–Kier alpha value is -4.92. The standard InChI is InChI=1S/C31H28F2N2O5/c32-24-10-15-28(27(33)20-24)35-31(38)34-16-17-39-25-11-6-23(7-12-25)19-29(30(36)37)40-26-13-8-22(9-14-26)18-21-4-2-1-3-5-21/h1-15,20,29H,16-19H2,(H,36,37)(H2,34,35,38). The second kappa shape index (κ2) is 13.7. The van der Waals surface area contributed by atoms with Gasteiger partial charge in [0.05, 0.1) is 12.2 Å². The molecule has 0 aliphatic carbocycles. The molecule has 0 fully saturated rings. The second-order valence-corrected chi connectivity index (χ2v) is 8.95. The van der Waals surface area contributed by atoms with Crippen LogP contribution < -0.4 is 20.1 Å². The van der Waals surface area contributed by atoms with E-state index in [1.807, 2.05) is 30.3 Å². The molecule has 0 heterocycles. The number of carboxylic acids is 1. The smallest absolute Gasteiger partial charge is 0.345 e. The molecule has 40 heavy (non-hydrogen) atoms. The number of hydrogen-bond acceptors (Lipinski definition) is 4. The molecule has 0 saturated heterocycles. The van der Waals surface area contributed by atoms with Crippen LogP contribution in [0.2, 0.25) is 0 Å². The predicted octanol–water partition coefficient (Wildman–Crippen LogP) is 5.83. The van der Waals surface area contributed by atoms with Crippen molar-refractivity contribution in [2.45, 2.75) is 18.9 Å². The molecule has 0 saturated carbocycles. The largest absolute Gasteiger partial charge is 0.492 e. The Morgan fingerprint density at radius 3 is 2.12 bits per heavy atom. The number of anilines is 1. The molecule has 0 aliphatic heterocycles. The summed E-state index contributed by atoms with van der Waals surface area (Å²) in [5.74, 6) is -1.68. The van der Waals surface area contributed by atoms with E-state index in [1.165, 1.54) is 5.56 Å². The predicted molar refractivity (Wildman–Crippen MR) is 147 cm³/mol. The van der Waals surface area contributed by atoms with Crippen LogP contribution in [-0.4, -0.2) is 36.4 Å². The van der Waals surface area contributed by atoms with Gasteiger partial charge in [-0.25, -0.2) is 18.4 Å². The number of benzene rings is 4. The highest BCUT2D eigenvalue weighted by Crippen LogP contribution is 2.20. The van der Waals surface area contributed by atoms with Crippen molar-refractivity contribution in [3.63, 3.8) is 0 Å². The van der Waals surface area contributed by atoms with Crippen LogP contribution in [0.1, 0.15) is 16.7 Å². The van der Waals surface area contributed by atoms with Crippen LogP contribution in [0.4, 0.5) is 19.3 Å². The maximum Gasteiger partial charge on any atom is 0.345 e. The first-order chi connectivity index (χ1) is 19.4. The Kier molecular flexibility index (Phi) is 9.66. The number of ether oxygens (including phenoxy) is 2. The molecule has 206 valence electrons. The Balaban J connectivity index is 1.21. The number of aliphatic carboxylic acids is 1. The first-order valence-corrected chi connectivity index (χ1v) is 12.6. The van der Waals surface area contributed by atoms with E-state index in [0.717, 1.165) is 29.7 Å². The second-order valence-electron chi connectivity index (χ2n) is 8.95. The summed E-state index contributed by atoms with van der Waals surface area (Å²) in [6.07, 6.45) is -0.138. The molecule has 4 aromatic rings. The number of nitrogens with one attached hydrogen (secondary N) is 2. The summed E-state index contributed by atoms with van der Waals surface area (Å²) in [5, 5.41) is 14.5. The molecule has 9 heteroatoms. The van der Waals surface area contributed by atoms with E-state index in [1.54, 1.807) is 36.4 Å². The molecular formula is C31H28F2N2O5. The maximum absolute atomic E-state index is 13.6. The number of carbonyl (C=O) groups excluding carboxylic acids is 1. The third-order valence-electron chi connectivity index (χ3n) is 5.91. The third-order valence-corrected chi connectivity index (χ3v) is 5.91. The van der Waals surface area contributed by atoms with Crippen molar-refractivity contribution in [3.05, 3.63) is 125 Å². The van der Waals surface area contributed by atoms with E-state index >= 15 is 0 Å². The Bertz CT molecular complexity index is 1410. The van der Waals surface area contributed by atoms with Crippen LogP contribution in [0, 0.1) is 11.6 Å². The van der Waals surface area contributed by atoms with Gasteiger partial charge in [-0.1, -0.05) is 54.6 Å². The lowest BCUT2D eigenvalue weighted by molar-refractivity contribution is -0.145. The van der Waals surface area contributed by atoms with Crippen LogP contribution in [-0.2, 0) is 17.6 Å². The van der Waals surface area contributed by atoms with Gasteiger partial charge < -0.3 is 25.2 Å². The first-order valence-electron chi connectivity index (χ1n) is 12.6. The van der Waals surface area contributed by atoms with Crippen LogP contribution in [0.5, 0.6) is 11.5 Å². The van der Waals surface area contributed by atoms with Gasteiger partial charge in [-0.3, -0.25) is 0 Å². The minimum Gasteiger partial charge on any atom is -0.492 e. The van der Waals surface area contributed by atoms with Gasteiger partial charge in [0.15, 0.2) is 6.10 Å². The molecule has 3 N–H and O–H groups in total. The monoisotopic (exact) mass is 546 g/mol. The van der Waals surface area contributed by atoms with Gasteiger partial charge in [0.2, 0.25) is 0 Å². The van der Waals surface area contributed by atoms with E-state index in [-0.39, 0.29) is 25.3 Å². The lowest BCUT2D eigenvalue weighted by Gasteiger charge is -2.16. The molecule has 4 rings (SSSR count). The van der Waals surface area contributed by atoms with Crippen LogP contribution in [0.3, 0.4) is 0 Å². The van der Waals surface area contributed by atoms with E-state index in [0.29, 0.717) is 17.6 Å². The van der Waals surface area contributed by atoms with Crippen LogP contribution in [0.15, 0.2) is 97.1 Å². The van der Waals surface area contributed by atoms with Gasteiger partial charge in [0, 0.05) is 12.5 Å². The van der Waals surface area contributed by atoms with Crippen LogP contribution >= 0.6 is 0 Å². The van der Waals surface area contributed by atoms with Crippen molar-refractivity contribution in [2.75, 3.05) is 18.5 Å². The zero-order valence-corrected chi connectivity index (χ0v) is 21.5. The lowest BCUT2D eigenvalue weighted by atomic mass is 10.0. The molecule has 0 spiro atoms. The number of carboxylic acid groups (broad SMARTS) is 1. The summed E-state index contributed by atoms with van der Waals surface area (Å²) < 4.78 is 37.9. The molecule has 1 atom stereocenters. The van der Waals surface area contributed by atoms with E-state index < -0.39 is 29.7 Å². The summed E-state index contributed by atoms with van der Waals surface area (Å²) in [4.78, 5) is 23.7. The topological polar surface area (TPSA) is 96.9 Å². The molecule has 0 radical (unpaired) electrons. The van der Waals surface area contributed by atoms with E-state index in [4.69, 9.17) is 9.47 Å². The molecule has 0 aliphatic rings. The van der Waals surface area contributed by atoms with Gasteiger partial charge in [-0.15, -0.1) is 0 Å². The Morgan fingerprint density at radius 1 is 0.800 bits per heavy atom. The van der Waals surface area contributed by atoms with E-state index in [9.17, 15) is 23.5 Å². The van der Waals surface area contributed by atoms with Gasteiger partial charge in [-0.2, -0.15) is 0 Å². The highest BCUT2D eigenvalue weighted by molar-refractivity contribution is 5.89. The van der Waals surface area contributed by atoms with Crippen LogP contribution in [0.25, 0.3) is 0 Å². The molecule has 4 aromatic carbocycles. The molecule has 7 nitrogen and oxygen atoms in total. The van der Waals surface area contributed by atoms with Crippen molar-refractivity contribution in [2.24, 2.45) is 0 Å². The normalized spacial score (nSPS) is 11.3. The van der Waals surface area contributed by atoms with Gasteiger partial charge in [-0.05, 0) is 59.5 Å². The lowest BCUT2D eigenvalue weighted by Crippen LogP contribution is -2.32. The zero-order valence-electron chi connectivity index (χ0n) is 21.5. The highest BCUT2D eigenvalue weighted by Gasteiger charge is 2.20. The SMILES string of the molecule is O=C(NCCOc1ccc(CC(Oc2ccc(Cc3ccccc3)cc2)C(=O)O)cc1)Nc1ccc(F)cc1F. The fraction of sp³-hybridized carbons (Fsp3) is 0.161. The van der Waals surface area contributed by atoms with Gasteiger partial charge in [0.1, 0.15) is 29.7 Å². The van der Waals surface area contributed by atoms with Crippen molar-refractivity contribution >= 4 is 17.7 Å². The minimum atomic E-state index is -1.07. The summed E-state index contributed by atoms with van der Waals surface area (Å²) in [5.41, 5.74) is 2.89. The Morgan fingerprint density at radius 2 is 1.45 bits per heavy atom. The summed E-state index contributed by atoms with van der Waals surface area (Å²) >= 11 is 0. The van der Waals surface area contributed by atoms with Crippen molar-refractivity contribution < 1.29 is 33.0 Å². The summed E-state index contributed by atoms with van der Waals surface area (Å²) in [7, 11) is 0. The number of hydrogen-bond donors (Lipinski definition) is 3. The van der Waals surface area contributed by atoms with E-state index in [2.05, 4.69) is 22.8 Å². The number of urea groups is 1. The number of halogens is 2. The fourth-order valence-electron chi connectivity index (χ4n) is 3.89. The third kappa shape index (κ3) is 8.56. The minimum absolute atomic E-state index is 0.134. The van der Waals surface area contributed by atoms with Gasteiger partial charge in [0.25, 0.3) is 0 Å². The molecular weight excluding hydrogens is 518 g/mol. The van der Waals surface area contributed by atoms with Gasteiger partial charge >= 0.3 is 12.0 Å².